The van der Waals surface area contributed by atoms with Crippen molar-refractivity contribution in [3.8, 4) is 11.5 Å². The average molecular weight is 437 g/mol. The van der Waals surface area contributed by atoms with Gasteiger partial charge >= 0.3 is 5.97 Å². The van der Waals surface area contributed by atoms with Gasteiger partial charge in [-0.2, -0.15) is 0 Å². The molecule has 5 atom stereocenters. The number of nitrogens with zero attached hydrogens (tertiary/aromatic N) is 1. The number of carbonyl (C=O) groups is 1. The maximum atomic E-state index is 13.1. The number of hydrogen-bond donors (Lipinski definition) is 1. The lowest BCUT2D eigenvalue weighted by Gasteiger charge is -2.47. The summed E-state index contributed by atoms with van der Waals surface area (Å²) in [6.45, 7) is -3.41. The number of piperidine rings is 1. The van der Waals surface area contributed by atoms with E-state index in [1.165, 1.54) is 0 Å². The Labute approximate surface area is 206 Å². The van der Waals surface area contributed by atoms with Gasteiger partial charge in [-0.05, 0) is 47.8 Å². The maximum Gasteiger partial charge on any atom is 0.323 e. The molecule has 1 aromatic carbocycles. The lowest BCUT2D eigenvalue weighted by Crippen LogP contribution is -2.51. The SMILES string of the molecule is [2H]c1c(OC([2H])([2H])[2H])c(OC([2H])([2H])[2H])c([2H])c2c1C1CC(OC(=O)[C@@H](N)C(C)C)C(C([2H])([2H])C([2H])(C)C([2H])([2H])[2H])CN1C([2H])([2H])C2([2H])[2H]. The smallest absolute Gasteiger partial charge is 0.323 e. The summed E-state index contributed by atoms with van der Waals surface area (Å²) in [7, 11) is -6.71. The highest BCUT2D eigenvalue weighted by atomic mass is 16.5. The van der Waals surface area contributed by atoms with Crippen molar-refractivity contribution in [2.24, 2.45) is 23.5 Å². The Morgan fingerprint density at radius 1 is 1.40 bits per heavy atom. The first-order valence-electron chi connectivity index (χ1n) is 18.5. The van der Waals surface area contributed by atoms with E-state index in [0.29, 0.717) is 0 Å². The molecular weight excluding hydrogens is 380 g/mol. The molecule has 1 aromatic rings. The fourth-order valence-corrected chi connectivity index (χ4v) is 3.51. The highest BCUT2D eigenvalue weighted by molar-refractivity contribution is 5.76. The van der Waals surface area contributed by atoms with Gasteiger partial charge in [0.25, 0.3) is 0 Å². The van der Waals surface area contributed by atoms with Crippen LogP contribution in [-0.4, -0.2) is 50.1 Å². The van der Waals surface area contributed by atoms with Crippen LogP contribution in [0.1, 0.15) is 82.3 Å². The topological polar surface area (TPSA) is 74.0 Å². The number of benzene rings is 1. The van der Waals surface area contributed by atoms with Crippen LogP contribution in [0.15, 0.2) is 12.1 Å². The van der Waals surface area contributed by atoms with Crippen LogP contribution in [0.4, 0.5) is 0 Å². The highest BCUT2D eigenvalue weighted by Crippen LogP contribution is 2.44. The largest absolute Gasteiger partial charge is 0.493 e. The molecule has 0 bridgehead atoms. The average Bonchev–Trinajstić information content (AvgIpc) is 2.88. The molecule has 2 N–H and O–H groups in total. The van der Waals surface area contributed by atoms with E-state index < -0.39 is 130 Å². The van der Waals surface area contributed by atoms with E-state index in [1.54, 1.807) is 13.8 Å². The Hall–Kier alpha value is -1.79. The number of hydrogen-bond acceptors (Lipinski definition) is 6. The van der Waals surface area contributed by atoms with Gasteiger partial charge in [-0.3, -0.25) is 9.69 Å². The fourth-order valence-electron chi connectivity index (χ4n) is 3.51. The zero-order valence-corrected chi connectivity index (χ0v) is 17.0. The van der Waals surface area contributed by atoms with Crippen molar-refractivity contribution in [1.82, 2.24) is 4.90 Å². The normalized spacial score (nSPS) is 40.8. The Balaban J connectivity index is 2.41. The van der Waals surface area contributed by atoms with Gasteiger partial charge in [0, 0.05) is 45.1 Å². The zero-order valence-electron chi connectivity index (χ0n) is 35.0. The first-order valence-corrected chi connectivity index (χ1v) is 9.50. The number of esters is 1. The van der Waals surface area contributed by atoms with E-state index >= 15 is 0 Å². The first kappa shape index (κ1) is 8.99. The van der Waals surface area contributed by atoms with Crippen LogP contribution in [-0.2, 0) is 15.9 Å². The second-order valence-electron chi connectivity index (χ2n) is 7.66. The third-order valence-electron chi connectivity index (χ3n) is 5.16. The van der Waals surface area contributed by atoms with Gasteiger partial charge in [-0.15, -0.1) is 0 Å². The quantitative estimate of drug-likeness (QED) is 0.659. The molecule has 30 heavy (non-hydrogen) atoms. The van der Waals surface area contributed by atoms with Crippen LogP contribution >= 0.6 is 0 Å². The minimum atomic E-state index is -3.36. The zero-order chi connectivity index (χ0) is 37.5. The molecule has 0 saturated carbocycles. The second kappa shape index (κ2) is 9.56. The third-order valence-corrected chi connectivity index (χ3v) is 5.16. The summed E-state index contributed by atoms with van der Waals surface area (Å²) in [5.41, 5.74) is 4.51. The molecule has 0 amide bonds. The summed E-state index contributed by atoms with van der Waals surface area (Å²) < 4.78 is 164. The molecule has 3 rings (SSSR count). The molecule has 0 spiro atoms. The van der Waals surface area contributed by atoms with E-state index in [-0.39, 0.29) is 0 Å². The van der Waals surface area contributed by atoms with Crippen LogP contribution in [0.25, 0.3) is 0 Å². The van der Waals surface area contributed by atoms with E-state index in [1.807, 2.05) is 0 Å². The second-order valence-corrected chi connectivity index (χ2v) is 7.66. The van der Waals surface area contributed by atoms with Crippen LogP contribution < -0.4 is 15.2 Å². The fraction of sp³-hybridized carbons (Fsp3) is 0.708. The predicted octanol–water partition coefficient (Wildman–Crippen LogP) is 3.56. The number of rotatable bonds is 7. The summed E-state index contributed by atoms with van der Waals surface area (Å²) in [6, 6.07) is -4.99. The van der Waals surface area contributed by atoms with E-state index in [0.717, 1.165) is 11.8 Å². The van der Waals surface area contributed by atoms with Gasteiger partial charge in [0.15, 0.2) is 11.5 Å². The van der Waals surface area contributed by atoms with Gasteiger partial charge < -0.3 is 19.9 Å². The van der Waals surface area contributed by atoms with Gasteiger partial charge in [0.1, 0.15) is 12.1 Å². The van der Waals surface area contributed by atoms with Crippen LogP contribution in [0.3, 0.4) is 0 Å². The summed E-state index contributed by atoms with van der Waals surface area (Å²) in [4.78, 5) is 13.9. The minimum Gasteiger partial charge on any atom is -0.493 e. The van der Waals surface area contributed by atoms with Crippen molar-refractivity contribution in [2.45, 2.75) is 65.0 Å². The number of nitrogens with two attached hydrogens (primary N) is 1. The summed E-state index contributed by atoms with van der Waals surface area (Å²) >= 11 is 0. The molecule has 1 fully saturated rings. The first-order chi connectivity index (χ1) is 21.2. The Kier molecular flexibility index (Phi) is 2.86. The van der Waals surface area contributed by atoms with Crippen molar-refractivity contribution in [3.05, 3.63) is 23.2 Å². The van der Waals surface area contributed by atoms with Crippen LogP contribution in [0, 0.1) is 17.7 Å². The lowest BCUT2D eigenvalue weighted by molar-refractivity contribution is -0.160. The van der Waals surface area contributed by atoms with E-state index in [4.69, 9.17) is 44.6 Å². The molecule has 0 radical (unpaired) electrons. The molecular formula is C24H38N2O4. The number of fused-ring (bicyclic) bond motifs is 3. The maximum absolute atomic E-state index is 13.1. The molecule has 6 nitrogen and oxygen atoms in total. The summed E-state index contributed by atoms with van der Waals surface area (Å²) in [5, 5.41) is 0. The molecule has 2 aliphatic rings. The Bertz CT molecular complexity index is 1410. The summed E-state index contributed by atoms with van der Waals surface area (Å²) in [6.07, 6.45) is -8.77. The Morgan fingerprint density at radius 2 is 2.13 bits per heavy atom. The minimum absolute atomic E-state index is 0.490. The van der Waals surface area contributed by atoms with Crippen molar-refractivity contribution >= 4 is 5.97 Å². The number of methoxy groups -OCH3 is 2. The molecule has 2 heterocycles. The summed E-state index contributed by atoms with van der Waals surface area (Å²) in [5.74, 6) is -8.51. The molecule has 2 aliphatic heterocycles. The van der Waals surface area contributed by atoms with Gasteiger partial charge in [-0.1, -0.05) is 27.6 Å². The van der Waals surface area contributed by atoms with Gasteiger partial charge in [0.05, 0.1) is 25.0 Å². The standard InChI is InChI=1S/C24H38N2O4/c1-14(2)9-17-13-26-8-7-16-10-21(28-5)22(29-6)11-18(16)19(26)12-20(17)30-24(27)23(25)15(3)4/h10-11,14-15,17,19-20,23H,7-9,12-13,25H2,1-6H3/t17?,19?,20?,23-/m0/s1/i1D3,5D3,6D3,7D2,8D2,9D2,10D,11D,14D/t14?,17?,19?,20?,23-. The van der Waals surface area contributed by atoms with Crippen molar-refractivity contribution < 1.29 is 43.7 Å². The number of carbonyl (C=O) groups excluding carboxylic acids is 1. The highest BCUT2D eigenvalue weighted by Gasteiger charge is 2.41. The monoisotopic (exact) mass is 436 g/mol. The van der Waals surface area contributed by atoms with Crippen LogP contribution in [0.5, 0.6) is 11.5 Å². The van der Waals surface area contributed by atoms with Crippen molar-refractivity contribution in [3.63, 3.8) is 0 Å². The lowest BCUT2D eigenvalue weighted by atomic mass is 9.79. The number of ether oxygens (including phenoxy) is 3. The van der Waals surface area contributed by atoms with Gasteiger partial charge in [0.2, 0.25) is 0 Å². The Morgan fingerprint density at radius 3 is 2.80 bits per heavy atom. The third kappa shape index (κ3) is 4.75. The predicted molar refractivity (Wildman–Crippen MR) is 118 cm³/mol. The molecule has 6 heteroatoms. The van der Waals surface area contributed by atoms with Crippen molar-refractivity contribution in [1.29, 1.82) is 0 Å². The molecule has 0 aromatic heterocycles. The molecule has 0 aliphatic carbocycles. The van der Waals surface area contributed by atoms with E-state index in [9.17, 15) is 4.79 Å². The van der Waals surface area contributed by atoms with Gasteiger partial charge in [-0.25, -0.2) is 0 Å². The van der Waals surface area contributed by atoms with E-state index in [2.05, 4.69) is 0 Å². The molecule has 168 valence electrons. The molecule has 1 saturated heterocycles. The van der Waals surface area contributed by atoms with Crippen molar-refractivity contribution in [2.75, 3.05) is 27.1 Å². The molecule has 4 unspecified atom stereocenters. The van der Waals surface area contributed by atoms with Crippen LogP contribution in [0.2, 0.25) is 0 Å².